The maximum Gasteiger partial charge on any atom is 0.244 e. The van der Waals surface area contributed by atoms with Gasteiger partial charge in [-0.05, 0) is 31.9 Å². The summed E-state index contributed by atoms with van der Waals surface area (Å²) in [7, 11) is -3.24. The predicted octanol–water partition coefficient (Wildman–Crippen LogP) is 1.18. The van der Waals surface area contributed by atoms with Gasteiger partial charge in [-0.2, -0.15) is 5.10 Å². The lowest BCUT2D eigenvalue weighted by atomic mass is 9.99. The summed E-state index contributed by atoms with van der Waals surface area (Å²) in [6.45, 7) is 2.72. The van der Waals surface area contributed by atoms with E-state index in [9.17, 15) is 13.2 Å². The number of nitrogens with zero attached hydrogens (tertiary/aromatic N) is 2. The molecule has 1 saturated heterocycles. The van der Waals surface area contributed by atoms with Crippen LogP contribution >= 0.6 is 11.3 Å². The van der Waals surface area contributed by atoms with Crippen LogP contribution in [0.2, 0.25) is 0 Å². The van der Waals surface area contributed by atoms with E-state index in [0.29, 0.717) is 19.4 Å². The zero-order valence-corrected chi connectivity index (χ0v) is 13.7. The monoisotopic (exact) mass is 329 g/mol. The van der Waals surface area contributed by atoms with Gasteiger partial charge in [0.15, 0.2) is 0 Å². The fourth-order valence-corrected chi connectivity index (χ4v) is 3.89. The predicted molar refractivity (Wildman–Crippen MR) is 83.9 cm³/mol. The van der Waals surface area contributed by atoms with Gasteiger partial charge in [-0.1, -0.05) is 0 Å². The fourth-order valence-electron chi connectivity index (χ4n) is 2.23. The molecule has 1 aliphatic rings. The Kier molecular flexibility index (Phi) is 5.13. The SMILES string of the molecule is Cc1ccc(C=NNC(=O)C2CCCN(S(C)(=O)=O)C2)s1. The lowest BCUT2D eigenvalue weighted by molar-refractivity contribution is -0.126. The minimum atomic E-state index is -3.24. The Morgan fingerprint density at radius 2 is 2.29 bits per heavy atom. The van der Waals surface area contributed by atoms with Crippen molar-refractivity contribution in [2.75, 3.05) is 19.3 Å². The van der Waals surface area contributed by atoms with Crippen LogP contribution in [0.15, 0.2) is 17.2 Å². The molecule has 21 heavy (non-hydrogen) atoms. The molecule has 0 aromatic carbocycles. The largest absolute Gasteiger partial charge is 0.273 e. The van der Waals surface area contributed by atoms with Crippen molar-refractivity contribution in [2.24, 2.45) is 11.0 Å². The molecule has 1 aromatic rings. The zero-order chi connectivity index (χ0) is 15.5. The molecule has 0 spiro atoms. The van der Waals surface area contributed by atoms with E-state index in [-0.39, 0.29) is 18.4 Å². The molecule has 1 aliphatic heterocycles. The van der Waals surface area contributed by atoms with Crippen molar-refractivity contribution in [2.45, 2.75) is 19.8 Å². The molecule has 0 aliphatic carbocycles. The van der Waals surface area contributed by atoms with Crippen molar-refractivity contribution in [1.29, 1.82) is 0 Å². The Bertz CT molecular complexity index is 637. The lowest BCUT2D eigenvalue weighted by Crippen LogP contribution is -2.44. The third-order valence-electron chi connectivity index (χ3n) is 3.35. The number of amides is 1. The number of piperidine rings is 1. The lowest BCUT2D eigenvalue weighted by Gasteiger charge is -2.29. The van der Waals surface area contributed by atoms with Gasteiger partial charge in [-0.15, -0.1) is 11.3 Å². The normalized spacial score (nSPS) is 20.8. The van der Waals surface area contributed by atoms with Crippen molar-refractivity contribution in [3.8, 4) is 0 Å². The molecule has 1 fully saturated rings. The van der Waals surface area contributed by atoms with E-state index in [1.807, 2.05) is 19.1 Å². The maximum absolute atomic E-state index is 12.0. The molecule has 1 unspecified atom stereocenters. The molecule has 1 aromatic heterocycles. The summed E-state index contributed by atoms with van der Waals surface area (Å²) < 4.78 is 24.4. The van der Waals surface area contributed by atoms with Crippen LogP contribution in [-0.4, -0.2) is 44.2 Å². The Hall–Kier alpha value is -1.25. The summed E-state index contributed by atoms with van der Waals surface area (Å²) in [5, 5.41) is 3.94. The molecule has 0 radical (unpaired) electrons. The first-order valence-electron chi connectivity index (χ1n) is 6.71. The van der Waals surface area contributed by atoms with Crippen molar-refractivity contribution in [1.82, 2.24) is 9.73 Å². The van der Waals surface area contributed by atoms with E-state index in [1.165, 1.54) is 15.4 Å². The van der Waals surface area contributed by atoms with Gasteiger partial charge in [0.05, 0.1) is 18.4 Å². The van der Waals surface area contributed by atoms with Crippen LogP contribution < -0.4 is 5.43 Å². The Morgan fingerprint density at radius 1 is 1.52 bits per heavy atom. The van der Waals surface area contributed by atoms with Crippen LogP contribution in [0.4, 0.5) is 0 Å². The first kappa shape index (κ1) is 16.1. The second kappa shape index (κ2) is 6.67. The van der Waals surface area contributed by atoms with Gasteiger partial charge in [0.25, 0.3) is 0 Å². The number of hydrogen-bond acceptors (Lipinski definition) is 5. The summed E-state index contributed by atoms with van der Waals surface area (Å²) in [4.78, 5) is 14.2. The summed E-state index contributed by atoms with van der Waals surface area (Å²) in [5.41, 5.74) is 2.50. The topological polar surface area (TPSA) is 78.8 Å². The molecule has 1 N–H and O–H groups in total. The maximum atomic E-state index is 12.0. The minimum Gasteiger partial charge on any atom is -0.273 e. The van der Waals surface area contributed by atoms with Gasteiger partial charge in [0.1, 0.15) is 0 Å². The van der Waals surface area contributed by atoms with E-state index in [2.05, 4.69) is 10.5 Å². The molecule has 1 amide bonds. The molecule has 0 saturated carbocycles. The second-order valence-corrected chi connectivity index (χ2v) is 8.44. The summed E-state index contributed by atoms with van der Waals surface area (Å²) >= 11 is 1.59. The Labute approximate surface area is 128 Å². The molecule has 0 bridgehead atoms. The Morgan fingerprint density at radius 3 is 2.90 bits per heavy atom. The highest BCUT2D eigenvalue weighted by Gasteiger charge is 2.29. The standard InChI is InChI=1S/C13H19N3O3S2/c1-10-5-6-12(20-10)8-14-15-13(17)11-4-3-7-16(9-11)21(2,18)19/h5-6,8,11H,3-4,7,9H2,1-2H3,(H,15,17). The quantitative estimate of drug-likeness (QED) is 0.665. The van der Waals surface area contributed by atoms with Gasteiger partial charge in [0.2, 0.25) is 15.9 Å². The highest BCUT2D eigenvalue weighted by Crippen LogP contribution is 2.18. The number of sulfonamides is 1. The highest BCUT2D eigenvalue weighted by molar-refractivity contribution is 7.88. The average molecular weight is 329 g/mol. The van der Waals surface area contributed by atoms with Gasteiger partial charge in [-0.3, -0.25) is 4.79 Å². The number of hydrazone groups is 1. The molecule has 8 heteroatoms. The van der Waals surface area contributed by atoms with Crippen LogP contribution in [0.5, 0.6) is 0 Å². The van der Waals surface area contributed by atoms with E-state index >= 15 is 0 Å². The van der Waals surface area contributed by atoms with E-state index in [1.54, 1.807) is 17.6 Å². The summed E-state index contributed by atoms with van der Waals surface area (Å²) in [6.07, 6.45) is 4.15. The van der Waals surface area contributed by atoms with Crippen LogP contribution in [0, 0.1) is 12.8 Å². The molecule has 2 heterocycles. The smallest absolute Gasteiger partial charge is 0.244 e. The van der Waals surface area contributed by atoms with Crippen molar-refractivity contribution in [3.63, 3.8) is 0 Å². The number of thiophene rings is 1. The first-order valence-corrected chi connectivity index (χ1v) is 9.37. The minimum absolute atomic E-state index is 0.229. The molecule has 2 rings (SSSR count). The van der Waals surface area contributed by atoms with Gasteiger partial charge < -0.3 is 0 Å². The van der Waals surface area contributed by atoms with Gasteiger partial charge >= 0.3 is 0 Å². The molecular weight excluding hydrogens is 310 g/mol. The summed E-state index contributed by atoms with van der Waals surface area (Å²) in [5.74, 6) is -0.566. The van der Waals surface area contributed by atoms with Crippen LogP contribution in [0.1, 0.15) is 22.6 Å². The van der Waals surface area contributed by atoms with E-state index in [0.717, 1.165) is 4.88 Å². The summed E-state index contributed by atoms with van der Waals surface area (Å²) in [6, 6.07) is 3.92. The number of rotatable bonds is 4. The van der Waals surface area contributed by atoms with Crippen molar-refractivity contribution in [3.05, 3.63) is 21.9 Å². The van der Waals surface area contributed by atoms with Gasteiger partial charge in [0, 0.05) is 22.8 Å². The van der Waals surface area contributed by atoms with Gasteiger partial charge in [-0.25, -0.2) is 18.1 Å². The number of carbonyl (C=O) groups excluding carboxylic acids is 1. The highest BCUT2D eigenvalue weighted by atomic mass is 32.2. The van der Waals surface area contributed by atoms with Crippen molar-refractivity contribution < 1.29 is 13.2 Å². The zero-order valence-electron chi connectivity index (χ0n) is 12.1. The number of aryl methyl sites for hydroxylation is 1. The number of nitrogens with one attached hydrogen (secondary N) is 1. The van der Waals surface area contributed by atoms with Crippen LogP contribution in [-0.2, 0) is 14.8 Å². The van der Waals surface area contributed by atoms with E-state index < -0.39 is 10.0 Å². The second-order valence-electron chi connectivity index (χ2n) is 5.14. The third kappa shape index (κ3) is 4.62. The average Bonchev–Trinajstić information content (AvgIpc) is 2.83. The van der Waals surface area contributed by atoms with E-state index in [4.69, 9.17) is 0 Å². The number of carbonyl (C=O) groups is 1. The Balaban J connectivity index is 1.89. The molecule has 6 nitrogen and oxygen atoms in total. The molecular formula is C13H19N3O3S2. The number of hydrogen-bond donors (Lipinski definition) is 1. The van der Waals surface area contributed by atoms with Crippen molar-refractivity contribution >= 4 is 33.5 Å². The fraction of sp³-hybridized carbons (Fsp3) is 0.538. The molecule has 116 valence electrons. The third-order valence-corrected chi connectivity index (χ3v) is 5.56. The van der Waals surface area contributed by atoms with Crippen LogP contribution in [0.25, 0.3) is 0 Å². The first-order chi connectivity index (χ1) is 9.86. The van der Waals surface area contributed by atoms with Crippen LogP contribution in [0.3, 0.4) is 0 Å². The molecule has 1 atom stereocenters.